The van der Waals surface area contributed by atoms with E-state index < -0.39 is 0 Å². The number of aryl methyl sites for hydroxylation is 1. The number of phenolic OH excluding ortho intramolecular Hbond substituents is 2. The van der Waals surface area contributed by atoms with Crippen molar-refractivity contribution in [3.05, 3.63) is 58.6 Å². The Kier molecular flexibility index (Phi) is 2.97. The van der Waals surface area contributed by atoms with Gasteiger partial charge in [-0.05, 0) is 24.3 Å². The maximum absolute atomic E-state index is 12.2. The highest BCUT2D eigenvalue weighted by Gasteiger charge is 2.27. The summed E-state index contributed by atoms with van der Waals surface area (Å²) in [5.74, 6) is 0.552. The lowest BCUT2D eigenvalue weighted by Crippen LogP contribution is -2.17. The molecule has 0 spiro atoms. The highest BCUT2D eigenvalue weighted by Crippen LogP contribution is 2.34. The van der Waals surface area contributed by atoms with Gasteiger partial charge in [-0.15, -0.1) is 0 Å². The van der Waals surface area contributed by atoms with E-state index in [1.54, 1.807) is 12.1 Å². The molecule has 2 N–H and O–H groups in total. The molecule has 1 aliphatic heterocycles. The molecule has 3 aromatic rings. The first-order valence-corrected chi connectivity index (χ1v) is 7.31. The predicted molar refractivity (Wildman–Crippen MR) is 83.8 cm³/mol. The van der Waals surface area contributed by atoms with Gasteiger partial charge >= 0.3 is 0 Å². The fraction of sp³-hybridized carbons (Fsp3) is 0.176. The lowest BCUT2D eigenvalue weighted by Gasteiger charge is -2.14. The Morgan fingerprint density at radius 1 is 1.13 bits per heavy atom. The number of nitrogens with zero attached hydrogens (tertiary/aromatic N) is 2. The molecule has 0 saturated carbocycles. The SMILES string of the molecule is O=c1nc2n(c3ccccc13)CCC2Oc1ccc(O)c(O)c1. The zero-order chi connectivity index (χ0) is 16.0. The van der Waals surface area contributed by atoms with Crippen LogP contribution in [0.25, 0.3) is 10.9 Å². The third kappa shape index (κ3) is 2.19. The maximum Gasteiger partial charge on any atom is 0.280 e. The van der Waals surface area contributed by atoms with E-state index in [2.05, 4.69) is 4.98 Å². The van der Waals surface area contributed by atoms with Gasteiger partial charge in [-0.25, -0.2) is 0 Å². The van der Waals surface area contributed by atoms with Crippen molar-refractivity contribution in [2.45, 2.75) is 19.1 Å². The van der Waals surface area contributed by atoms with Crippen LogP contribution in [0.15, 0.2) is 47.3 Å². The molecular formula is C17H14N2O4. The van der Waals surface area contributed by atoms with Crippen molar-refractivity contribution in [2.24, 2.45) is 0 Å². The third-order valence-corrected chi connectivity index (χ3v) is 4.05. The van der Waals surface area contributed by atoms with E-state index in [0.717, 1.165) is 5.52 Å². The first-order valence-electron chi connectivity index (χ1n) is 7.31. The van der Waals surface area contributed by atoms with Crippen LogP contribution in [-0.4, -0.2) is 19.8 Å². The number of para-hydroxylation sites is 1. The number of hydrogen-bond donors (Lipinski definition) is 2. The zero-order valence-electron chi connectivity index (χ0n) is 12.1. The van der Waals surface area contributed by atoms with Gasteiger partial charge in [0.1, 0.15) is 5.75 Å². The summed E-state index contributed by atoms with van der Waals surface area (Å²) in [4.78, 5) is 16.4. The number of hydrogen-bond acceptors (Lipinski definition) is 5. The van der Waals surface area contributed by atoms with E-state index in [0.29, 0.717) is 29.9 Å². The highest BCUT2D eigenvalue weighted by molar-refractivity contribution is 5.78. The van der Waals surface area contributed by atoms with E-state index in [-0.39, 0.29) is 23.2 Å². The monoisotopic (exact) mass is 310 g/mol. The lowest BCUT2D eigenvalue weighted by molar-refractivity contribution is 0.202. The molecule has 6 heteroatoms. The van der Waals surface area contributed by atoms with Gasteiger partial charge < -0.3 is 19.5 Å². The standard InChI is InChI=1S/C17H14N2O4/c20-13-6-5-10(9-14(13)21)23-15-7-8-19-12-4-2-1-3-11(12)17(22)18-16(15)19/h1-6,9,15,20-21H,7-8H2. The molecule has 0 saturated heterocycles. The molecule has 1 aromatic heterocycles. The fourth-order valence-corrected chi connectivity index (χ4v) is 2.95. The normalized spacial score (nSPS) is 16.4. The largest absolute Gasteiger partial charge is 0.504 e. The number of rotatable bonds is 2. The Morgan fingerprint density at radius 2 is 1.96 bits per heavy atom. The molecule has 23 heavy (non-hydrogen) atoms. The Balaban J connectivity index is 1.75. The van der Waals surface area contributed by atoms with Crippen molar-refractivity contribution in [1.82, 2.24) is 9.55 Å². The molecule has 116 valence electrons. The summed E-state index contributed by atoms with van der Waals surface area (Å²) in [6.07, 6.45) is 0.318. The van der Waals surface area contributed by atoms with Crippen LogP contribution in [0.2, 0.25) is 0 Å². The van der Waals surface area contributed by atoms with Crippen LogP contribution in [-0.2, 0) is 6.54 Å². The Hall–Kier alpha value is -3.02. The summed E-state index contributed by atoms with van der Waals surface area (Å²) >= 11 is 0. The van der Waals surface area contributed by atoms with E-state index in [1.807, 2.05) is 22.8 Å². The number of aromatic nitrogens is 2. The second-order valence-corrected chi connectivity index (χ2v) is 5.49. The van der Waals surface area contributed by atoms with Crippen molar-refractivity contribution < 1.29 is 14.9 Å². The summed E-state index contributed by atoms with van der Waals surface area (Å²) in [6, 6.07) is 11.6. The molecule has 0 radical (unpaired) electrons. The molecular weight excluding hydrogens is 296 g/mol. The maximum atomic E-state index is 12.2. The van der Waals surface area contributed by atoms with Crippen molar-refractivity contribution in [2.75, 3.05) is 0 Å². The first-order chi connectivity index (χ1) is 11.1. The van der Waals surface area contributed by atoms with Gasteiger partial charge in [-0.3, -0.25) is 4.79 Å². The molecule has 1 unspecified atom stereocenters. The van der Waals surface area contributed by atoms with Crippen molar-refractivity contribution in [1.29, 1.82) is 0 Å². The Morgan fingerprint density at radius 3 is 2.78 bits per heavy atom. The summed E-state index contributed by atoms with van der Waals surface area (Å²) in [6.45, 7) is 0.706. The topological polar surface area (TPSA) is 84.6 Å². The predicted octanol–water partition coefficient (Wildman–Crippen LogP) is 2.33. The van der Waals surface area contributed by atoms with Crippen LogP contribution in [0.5, 0.6) is 17.2 Å². The van der Waals surface area contributed by atoms with Crippen LogP contribution in [0.3, 0.4) is 0 Å². The van der Waals surface area contributed by atoms with E-state index in [9.17, 15) is 15.0 Å². The number of aromatic hydroxyl groups is 2. The molecule has 0 fully saturated rings. The molecule has 0 bridgehead atoms. The zero-order valence-corrected chi connectivity index (χ0v) is 12.1. The summed E-state index contributed by atoms with van der Waals surface area (Å²) in [5.41, 5.74) is 0.582. The Bertz CT molecular complexity index is 964. The van der Waals surface area contributed by atoms with Crippen molar-refractivity contribution in [3.8, 4) is 17.2 Å². The number of ether oxygens (including phenoxy) is 1. The number of phenols is 2. The van der Waals surface area contributed by atoms with Crippen LogP contribution in [0.4, 0.5) is 0 Å². The van der Waals surface area contributed by atoms with Crippen molar-refractivity contribution >= 4 is 10.9 Å². The van der Waals surface area contributed by atoms with E-state index >= 15 is 0 Å². The molecule has 1 atom stereocenters. The summed E-state index contributed by atoms with van der Waals surface area (Å²) in [5, 5.41) is 19.5. The van der Waals surface area contributed by atoms with Gasteiger partial charge in [0.25, 0.3) is 5.56 Å². The fourth-order valence-electron chi connectivity index (χ4n) is 2.95. The van der Waals surface area contributed by atoms with Gasteiger partial charge in [0.2, 0.25) is 0 Å². The minimum absolute atomic E-state index is 0.204. The van der Waals surface area contributed by atoms with Crippen LogP contribution in [0.1, 0.15) is 18.3 Å². The van der Waals surface area contributed by atoms with Gasteiger partial charge in [-0.1, -0.05) is 12.1 Å². The van der Waals surface area contributed by atoms with Gasteiger partial charge in [-0.2, -0.15) is 4.98 Å². The second kappa shape index (κ2) is 5.01. The average molecular weight is 310 g/mol. The first kappa shape index (κ1) is 13.6. The number of benzene rings is 2. The molecule has 2 heterocycles. The van der Waals surface area contributed by atoms with Gasteiger partial charge in [0, 0.05) is 19.0 Å². The highest BCUT2D eigenvalue weighted by atomic mass is 16.5. The number of fused-ring (bicyclic) bond motifs is 3. The van der Waals surface area contributed by atoms with Crippen LogP contribution >= 0.6 is 0 Å². The minimum atomic E-state index is -0.365. The van der Waals surface area contributed by atoms with E-state index in [4.69, 9.17) is 4.74 Å². The Labute approximate surface area is 131 Å². The summed E-state index contributed by atoms with van der Waals surface area (Å²) < 4.78 is 7.84. The second-order valence-electron chi connectivity index (χ2n) is 5.49. The molecule has 6 nitrogen and oxygen atoms in total. The third-order valence-electron chi connectivity index (χ3n) is 4.05. The van der Waals surface area contributed by atoms with Crippen LogP contribution in [0, 0.1) is 0 Å². The van der Waals surface area contributed by atoms with Crippen LogP contribution < -0.4 is 10.3 Å². The molecule has 2 aromatic carbocycles. The van der Waals surface area contributed by atoms with Crippen molar-refractivity contribution in [3.63, 3.8) is 0 Å². The average Bonchev–Trinajstić information content (AvgIpc) is 2.94. The molecule has 0 aliphatic carbocycles. The van der Waals surface area contributed by atoms with Gasteiger partial charge in [0.15, 0.2) is 23.4 Å². The smallest absolute Gasteiger partial charge is 0.280 e. The molecule has 4 rings (SSSR count). The summed E-state index contributed by atoms with van der Waals surface area (Å²) in [7, 11) is 0. The van der Waals surface area contributed by atoms with E-state index in [1.165, 1.54) is 12.1 Å². The lowest BCUT2D eigenvalue weighted by atomic mass is 10.2. The molecule has 0 amide bonds. The van der Waals surface area contributed by atoms with Gasteiger partial charge in [0.05, 0.1) is 10.9 Å². The quantitative estimate of drug-likeness (QED) is 0.710. The minimum Gasteiger partial charge on any atom is -0.504 e. The molecule has 1 aliphatic rings.